The number of allylic oxidation sites excluding steroid dienone is 1. The number of aromatic nitrogens is 2. The van der Waals surface area contributed by atoms with E-state index in [0.29, 0.717) is 0 Å². The van der Waals surface area contributed by atoms with E-state index in [1.54, 1.807) is 18.5 Å². The first-order chi connectivity index (χ1) is 12.9. The van der Waals surface area contributed by atoms with Gasteiger partial charge in [-0.1, -0.05) is 13.5 Å². The third-order valence-electron chi connectivity index (χ3n) is 5.09. The molecule has 2 aromatic rings. The summed E-state index contributed by atoms with van der Waals surface area (Å²) in [5.41, 5.74) is 2.53. The molecule has 0 aliphatic carbocycles. The highest BCUT2D eigenvalue weighted by Gasteiger charge is 2.34. The number of halogens is 2. The molecule has 0 amide bonds. The lowest BCUT2D eigenvalue weighted by Crippen LogP contribution is -2.41. The van der Waals surface area contributed by atoms with Crippen LogP contribution in [0.1, 0.15) is 37.9 Å². The van der Waals surface area contributed by atoms with Crippen molar-refractivity contribution in [3.05, 3.63) is 60.2 Å². The molecule has 1 aliphatic rings. The molecule has 3 heterocycles. The van der Waals surface area contributed by atoms with E-state index in [1.165, 1.54) is 18.6 Å². The first kappa shape index (κ1) is 19.4. The number of rotatable bonds is 6. The Bertz CT molecular complexity index is 783. The van der Waals surface area contributed by atoms with E-state index in [2.05, 4.69) is 33.7 Å². The average molecular weight is 372 g/mol. The van der Waals surface area contributed by atoms with Gasteiger partial charge in [-0.25, -0.2) is 0 Å². The molecular formula is C21H26F2N4. The van der Waals surface area contributed by atoms with Crippen LogP contribution in [0.15, 0.2) is 48.9 Å². The Balaban J connectivity index is 2.02. The van der Waals surface area contributed by atoms with E-state index in [4.69, 9.17) is 0 Å². The number of nitrogens with zero attached hydrogens (tertiary/aromatic N) is 3. The summed E-state index contributed by atoms with van der Waals surface area (Å²) in [4.78, 5) is 10.6. The minimum atomic E-state index is -3.12. The Morgan fingerprint density at radius 1 is 1.26 bits per heavy atom. The van der Waals surface area contributed by atoms with E-state index in [0.717, 1.165) is 43.7 Å². The van der Waals surface area contributed by atoms with Gasteiger partial charge in [-0.15, -0.1) is 0 Å². The molecule has 0 bridgehead atoms. The lowest BCUT2D eigenvalue weighted by Gasteiger charge is -2.37. The molecule has 1 saturated heterocycles. The van der Waals surface area contributed by atoms with Crippen molar-refractivity contribution >= 4 is 11.4 Å². The van der Waals surface area contributed by atoms with Gasteiger partial charge in [0.25, 0.3) is 0 Å². The number of hydrogen-bond acceptors (Lipinski definition) is 4. The van der Waals surface area contributed by atoms with Crippen LogP contribution >= 0.6 is 0 Å². The molecule has 1 aliphatic heterocycles. The van der Waals surface area contributed by atoms with Crippen molar-refractivity contribution in [1.29, 1.82) is 0 Å². The highest BCUT2D eigenvalue weighted by atomic mass is 19.3. The third-order valence-corrected chi connectivity index (χ3v) is 5.09. The average Bonchev–Trinajstić information content (AvgIpc) is 2.70. The van der Waals surface area contributed by atoms with Crippen LogP contribution in [0.4, 0.5) is 20.2 Å². The Kier molecular flexibility index (Phi) is 5.85. The van der Waals surface area contributed by atoms with E-state index in [-0.39, 0.29) is 17.3 Å². The fourth-order valence-electron chi connectivity index (χ4n) is 3.48. The Labute approximate surface area is 159 Å². The molecule has 4 nitrogen and oxygen atoms in total. The first-order valence-electron chi connectivity index (χ1n) is 9.38. The third kappa shape index (κ3) is 4.00. The zero-order chi connectivity index (χ0) is 19.4. The maximum absolute atomic E-state index is 14.2. The number of piperidine rings is 1. The number of anilines is 2. The first-order valence-corrected chi connectivity index (χ1v) is 9.38. The number of pyridine rings is 2. The zero-order valence-corrected chi connectivity index (χ0v) is 15.9. The SMILES string of the molecule is C=C(C)C(F)(F)c1ccc(N(c2cnccc2CC)C2CCNCC2)cn1. The smallest absolute Gasteiger partial charge is 0.310 e. The van der Waals surface area contributed by atoms with Gasteiger partial charge in [0.2, 0.25) is 0 Å². The Morgan fingerprint density at radius 3 is 2.59 bits per heavy atom. The van der Waals surface area contributed by atoms with Crippen LogP contribution in [0.25, 0.3) is 0 Å². The second-order valence-electron chi connectivity index (χ2n) is 6.97. The molecule has 0 aromatic carbocycles. The Hall–Kier alpha value is -2.34. The second-order valence-corrected chi connectivity index (χ2v) is 6.97. The number of alkyl halides is 2. The summed E-state index contributed by atoms with van der Waals surface area (Å²) in [5, 5.41) is 3.38. The summed E-state index contributed by atoms with van der Waals surface area (Å²) < 4.78 is 28.4. The molecular weight excluding hydrogens is 346 g/mol. The number of hydrogen-bond donors (Lipinski definition) is 1. The van der Waals surface area contributed by atoms with E-state index >= 15 is 0 Å². The van der Waals surface area contributed by atoms with Gasteiger partial charge in [-0.3, -0.25) is 9.97 Å². The molecule has 2 aromatic heterocycles. The summed E-state index contributed by atoms with van der Waals surface area (Å²) in [6, 6.07) is 5.42. The molecule has 1 N–H and O–H groups in total. The van der Waals surface area contributed by atoms with E-state index in [9.17, 15) is 8.78 Å². The summed E-state index contributed by atoms with van der Waals surface area (Å²) in [6.07, 6.45) is 8.01. The fraction of sp³-hybridized carbons (Fsp3) is 0.429. The molecule has 27 heavy (non-hydrogen) atoms. The van der Waals surface area contributed by atoms with Gasteiger partial charge >= 0.3 is 5.92 Å². The number of nitrogens with one attached hydrogen (secondary N) is 1. The van der Waals surface area contributed by atoms with Crippen LogP contribution in [-0.4, -0.2) is 29.1 Å². The van der Waals surface area contributed by atoms with Crippen molar-refractivity contribution in [1.82, 2.24) is 15.3 Å². The van der Waals surface area contributed by atoms with Gasteiger partial charge in [0, 0.05) is 12.2 Å². The van der Waals surface area contributed by atoms with Crippen LogP contribution in [0.3, 0.4) is 0 Å². The molecule has 3 rings (SSSR count). The predicted octanol–water partition coefficient (Wildman–Crippen LogP) is 4.60. The Morgan fingerprint density at radius 2 is 2.00 bits per heavy atom. The minimum absolute atomic E-state index is 0.210. The molecule has 6 heteroatoms. The van der Waals surface area contributed by atoms with Crippen molar-refractivity contribution in [2.45, 2.75) is 45.1 Å². The largest absolute Gasteiger partial charge is 0.336 e. The predicted molar refractivity (Wildman–Crippen MR) is 105 cm³/mol. The monoisotopic (exact) mass is 372 g/mol. The standard InChI is InChI=1S/C21H26F2N4/c1-4-16-7-10-25-14-19(16)27(17-8-11-24-12-9-17)18-5-6-20(26-13-18)21(22,23)15(2)3/h5-7,10,13-14,17,24H,2,4,8-9,11-12H2,1,3H3. The summed E-state index contributed by atoms with van der Waals surface area (Å²) in [7, 11) is 0. The fourth-order valence-corrected chi connectivity index (χ4v) is 3.48. The van der Waals surface area contributed by atoms with Crippen LogP contribution in [0.5, 0.6) is 0 Å². The number of aryl methyl sites for hydroxylation is 1. The molecule has 0 spiro atoms. The van der Waals surface area contributed by atoms with Gasteiger partial charge in [-0.05, 0) is 68.6 Å². The summed E-state index contributed by atoms with van der Waals surface area (Å²) in [5.74, 6) is -3.12. The topological polar surface area (TPSA) is 41.1 Å². The van der Waals surface area contributed by atoms with Crippen LogP contribution in [0.2, 0.25) is 0 Å². The van der Waals surface area contributed by atoms with Gasteiger partial charge in [0.05, 0.1) is 23.8 Å². The molecule has 0 saturated carbocycles. The molecule has 0 radical (unpaired) electrons. The molecule has 0 unspecified atom stereocenters. The highest BCUT2D eigenvalue weighted by molar-refractivity contribution is 5.66. The molecule has 144 valence electrons. The maximum atomic E-state index is 14.2. The van der Waals surface area contributed by atoms with Crippen LogP contribution < -0.4 is 10.2 Å². The lowest BCUT2D eigenvalue weighted by molar-refractivity contribution is 0.0338. The van der Waals surface area contributed by atoms with Crippen LogP contribution in [-0.2, 0) is 12.3 Å². The van der Waals surface area contributed by atoms with E-state index < -0.39 is 5.92 Å². The van der Waals surface area contributed by atoms with Gasteiger partial charge < -0.3 is 10.2 Å². The van der Waals surface area contributed by atoms with Gasteiger partial charge in [0.15, 0.2) is 0 Å². The second kappa shape index (κ2) is 8.13. The minimum Gasteiger partial charge on any atom is -0.336 e. The van der Waals surface area contributed by atoms with Crippen molar-refractivity contribution in [2.24, 2.45) is 0 Å². The molecule has 0 atom stereocenters. The quantitative estimate of drug-likeness (QED) is 0.753. The summed E-state index contributed by atoms with van der Waals surface area (Å²) in [6.45, 7) is 8.68. The summed E-state index contributed by atoms with van der Waals surface area (Å²) >= 11 is 0. The van der Waals surface area contributed by atoms with E-state index in [1.807, 2.05) is 12.3 Å². The van der Waals surface area contributed by atoms with Crippen LogP contribution in [0, 0.1) is 0 Å². The van der Waals surface area contributed by atoms with Crippen molar-refractivity contribution in [3.63, 3.8) is 0 Å². The van der Waals surface area contributed by atoms with Crippen molar-refractivity contribution < 1.29 is 8.78 Å². The molecule has 1 fully saturated rings. The van der Waals surface area contributed by atoms with Crippen molar-refractivity contribution in [3.8, 4) is 0 Å². The van der Waals surface area contributed by atoms with Crippen molar-refractivity contribution in [2.75, 3.05) is 18.0 Å². The lowest BCUT2D eigenvalue weighted by atomic mass is 10.0. The maximum Gasteiger partial charge on any atom is 0.310 e. The normalized spacial score (nSPS) is 15.6. The highest BCUT2D eigenvalue weighted by Crippen LogP contribution is 2.36. The zero-order valence-electron chi connectivity index (χ0n) is 15.9. The van der Waals surface area contributed by atoms with Gasteiger partial charge in [-0.2, -0.15) is 8.78 Å². The van der Waals surface area contributed by atoms with Gasteiger partial charge in [0.1, 0.15) is 5.69 Å².